The number of aromatic nitrogens is 2. The molecular weight excluding hydrogens is 234 g/mol. The van der Waals surface area contributed by atoms with Gasteiger partial charge in [0.25, 0.3) is 0 Å². The van der Waals surface area contributed by atoms with Crippen LogP contribution in [-0.2, 0) is 6.61 Å². The molecule has 90 valence electrons. The van der Waals surface area contributed by atoms with Gasteiger partial charge in [0, 0.05) is 6.20 Å². The Hall–Kier alpha value is -2.47. The number of imidazole rings is 1. The summed E-state index contributed by atoms with van der Waals surface area (Å²) in [4.78, 5) is 15.2. The predicted octanol–water partition coefficient (Wildman–Crippen LogP) is 2.48. The van der Waals surface area contributed by atoms with E-state index in [2.05, 4.69) is 10.2 Å². The van der Waals surface area contributed by atoms with Gasteiger partial charge in [-0.25, -0.2) is 4.98 Å². The van der Waals surface area contributed by atoms with Gasteiger partial charge in [-0.3, -0.25) is 4.40 Å². The van der Waals surface area contributed by atoms with Crippen molar-refractivity contribution in [2.24, 2.45) is 5.18 Å². The highest BCUT2D eigenvalue weighted by Gasteiger charge is 2.16. The Balaban J connectivity index is 2.29. The van der Waals surface area contributed by atoms with Crippen LogP contribution in [0.4, 0.5) is 5.82 Å². The van der Waals surface area contributed by atoms with Gasteiger partial charge in [-0.2, -0.15) is 0 Å². The van der Waals surface area contributed by atoms with Crippen LogP contribution >= 0.6 is 0 Å². The van der Waals surface area contributed by atoms with Crippen molar-refractivity contribution in [2.75, 3.05) is 0 Å². The number of aliphatic hydroxyl groups excluding tert-OH is 1. The fourth-order valence-corrected chi connectivity index (χ4v) is 1.84. The highest BCUT2D eigenvalue weighted by Crippen LogP contribution is 2.31. The van der Waals surface area contributed by atoms with E-state index >= 15 is 0 Å². The third-order valence-electron chi connectivity index (χ3n) is 2.69. The highest BCUT2D eigenvalue weighted by molar-refractivity contribution is 5.71. The normalized spacial score (nSPS) is 10.9. The van der Waals surface area contributed by atoms with Crippen LogP contribution in [0, 0.1) is 4.91 Å². The van der Waals surface area contributed by atoms with Crippen LogP contribution in [0.5, 0.6) is 0 Å². The van der Waals surface area contributed by atoms with Crippen LogP contribution in [0.3, 0.4) is 0 Å². The van der Waals surface area contributed by atoms with E-state index in [-0.39, 0.29) is 12.4 Å². The molecule has 0 bridgehead atoms. The van der Waals surface area contributed by atoms with E-state index in [4.69, 9.17) is 9.52 Å². The van der Waals surface area contributed by atoms with Crippen LogP contribution in [-0.4, -0.2) is 14.5 Å². The van der Waals surface area contributed by atoms with Crippen molar-refractivity contribution in [3.63, 3.8) is 0 Å². The molecule has 3 aromatic heterocycles. The zero-order chi connectivity index (χ0) is 12.5. The van der Waals surface area contributed by atoms with Gasteiger partial charge in [0.1, 0.15) is 5.65 Å². The molecule has 3 heterocycles. The summed E-state index contributed by atoms with van der Waals surface area (Å²) in [6.07, 6.45) is 3.16. The third-order valence-corrected chi connectivity index (χ3v) is 2.69. The number of hydrogen-bond acceptors (Lipinski definition) is 5. The fourth-order valence-electron chi connectivity index (χ4n) is 1.84. The summed E-state index contributed by atoms with van der Waals surface area (Å²) < 4.78 is 6.78. The first-order valence-electron chi connectivity index (χ1n) is 5.32. The minimum Gasteiger partial charge on any atom is -0.463 e. The molecule has 1 N–H and O–H groups in total. The summed E-state index contributed by atoms with van der Waals surface area (Å²) in [5, 5.41) is 12.1. The Morgan fingerprint density at radius 1 is 1.44 bits per heavy atom. The second-order valence-corrected chi connectivity index (χ2v) is 3.77. The van der Waals surface area contributed by atoms with E-state index in [1.807, 2.05) is 0 Å². The maximum Gasteiger partial charge on any atom is 0.212 e. The first kappa shape index (κ1) is 10.7. The molecule has 0 aliphatic rings. The number of aliphatic hydroxyl groups is 1. The fraction of sp³-hybridized carbons (Fsp3) is 0.0833. The van der Waals surface area contributed by atoms with E-state index < -0.39 is 0 Å². The smallest absolute Gasteiger partial charge is 0.212 e. The molecule has 0 radical (unpaired) electrons. The molecule has 3 rings (SSSR count). The quantitative estimate of drug-likeness (QED) is 0.716. The standard InChI is InChI=1S/C12H9N3O3/c16-7-8-3-4-15-10(6-8)13-11(12(15)14-17)9-2-1-5-18-9/h1-6,16H,7H2. The third kappa shape index (κ3) is 1.51. The highest BCUT2D eigenvalue weighted by atomic mass is 16.3. The van der Waals surface area contributed by atoms with Crippen molar-refractivity contribution in [3.05, 3.63) is 47.2 Å². The van der Waals surface area contributed by atoms with Gasteiger partial charge in [0.15, 0.2) is 11.5 Å². The molecule has 0 aromatic carbocycles. The zero-order valence-corrected chi connectivity index (χ0v) is 9.28. The molecule has 0 spiro atoms. The molecule has 0 saturated carbocycles. The second kappa shape index (κ2) is 4.08. The lowest BCUT2D eigenvalue weighted by Gasteiger charge is -1.97. The van der Waals surface area contributed by atoms with Crippen LogP contribution in [0.1, 0.15) is 5.56 Å². The summed E-state index contributed by atoms with van der Waals surface area (Å²) >= 11 is 0. The Morgan fingerprint density at radius 3 is 3.00 bits per heavy atom. The topological polar surface area (TPSA) is 80.1 Å². The molecular formula is C12H9N3O3. The van der Waals surface area contributed by atoms with Gasteiger partial charge < -0.3 is 9.52 Å². The predicted molar refractivity (Wildman–Crippen MR) is 64.3 cm³/mol. The Bertz CT molecular complexity index is 701. The second-order valence-electron chi connectivity index (χ2n) is 3.77. The van der Waals surface area contributed by atoms with Crippen molar-refractivity contribution < 1.29 is 9.52 Å². The number of pyridine rings is 1. The number of furan rings is 1. The molecule has 0 aliphatic carbocycles. The Kier molecular flexibility index (Phi) is 2.42. The van der Waals surface area contributed by atoms with E-state index in [9.17, 15) is 4.91 Å². The SMILES string of the molecule is O=Nc1c(-c2ccco2)nc2cc(CO)ccn12. The maximum absolute atomic E-state index is 11.0. The van der Waals surface area contributed by atoms with Gasteiger partial charge in [0.2, 0.25) is 5.82 Å². The summed E-state index contributed by atoms with van der Waals surface area (Å²) in [5.74, 6) is 0.670. The van der Waals surface area contributed by atoms with Crippen molar-refractivity contribution >= 4 is 11.5 Å². The van der Waals surface area contributed by atoms with Crippen LogP contribution < -0.4 is 0 Å². The van der Waals surface area contributed by atoms with E-state index in [0.29, 0.717) is 17.1 Å². The molecule has 0 amide bonds. The number of nitroso groups, excluding NO2 is 1. The van der Waals surface area contributed by atoms with E-state index in [1.54, 1.807) is 34.9 Å². The van der Waals surface area contributed by atoms with Gasteiger partial charge in [-0.05, 0) is 35.0 Å². The van der Waals surface area contributed by atoms with E-state index in [0.717, 1.165) is 5.56 Å². The number of rotatable bonds is 3. The van der Waals surface area contributed by atoms with Gasteiger partial charge >= 0.3 is 0 Å². The summed E-state index contributed by atoms with van der Waals surface area (Å²) in [5.41, 5.74) is 1.66. The molecule has 3 aromatic rings. The van der Waals surface area contributed by atoms with Crippen molar-refractivity contribution in [1.29, 1.82) is 0 Å². The molecule has 0 aliphatic heterocycles. The van der Waals surface area contributed by atoms with Crippen LogP contribution in [0.25, 0.3) is 17.1 Å². The first-order chi connectivity index (χ1) is 8.83. The average molecular weight is 243 g/mol. The lowest BCUT2D eigenvalue weighted by molar-refractivity contribution is 0.282. The first-order valence-corrected chi connectivity index (χ1v) is 5.32. The minimum atomic E-state index is -0.0801. The van der Waals surface area contributed by atoms with E-state index in [1.165, 1.54) is 6.26 Å². The molecule has 0 unspecified atom stereocenters. The minimum absolute atomic E-state index is 0.0801. The summed E-state index contributed by atoms with van der Waals surface area (Å²) in [6.45, 7) is -0.0801. The molecule has 0 saturated heterocycles. The van der Waals surface area contributed by atoms with Crippen molar-refractivity contribution in [3.8, 4) is 11.5 Å². The van der Waals surface area contributed by atoms with Crippen LogP contribution in [0.15, 0.2) is 46.3 Å². The lowest BCUT2D eigenvalue weighted by Crippen LogP contribution is -1.88. The largest absolute Gasteiger partial charge is 0.463 e. The zero-order valence-electron chi connectivity index (χ0n) is 9.28. The van der Waals surface area contributed by atoms with Crippen LogP contribution in [0.2, 0.25) is 0 Å². The van der Waals surface area contributed by atoms with Gasteiger partial charge in [0.05, 0.1) is 12.9 Å². The molecule has 0 fully saturated rings. The summed E-state index contributed by atoms with van der Waals surface area (Å²) in [6, 6.07) is 6.83. The average Bonchev–Trinajstić information content (AvgIpc) is 3.04. The Morgan fingerprint density at radius 2 is 2.33 bits per heavy atom. The molecule has 18 heavy (non-hydrogen) atoms. The Labute approximate surface area is 101 Å². The number of fused-ring (bicyclic) bond motifs is 1. The summed E-state index contributed by atoms with van der Waals surface area (Å²) in [7, 11) is 0. The van der Waals surface area contributed by atoms with Crippen molar-refractivity contribution in [2.45, 2.75) is 6.61 Å². The lowest BCUT2D eigenvalue weighted by atomic mass is 10.3. The molecule has 6 nitrogen and oxygen atoms in total. The monoisotopic (exact) mass is 243 g/mol. The molecule has 6 heteroatoms. The number of nitrogens with zero attached hydrogens (tertiary/aromatic N) is 3. The maximum atomic E-state index is 11.0. The van der Waals surface area contributed by atoms with Crippen molar-refractivity contribution in [1.82, 2.24) is 9.38 Å². The van der Waals surface area contributed by atoms with Gasteiger partial charge in [-0.15, -0.1) is 4.91 Å². The number of hydrogen-bond donors (Lipinski definition) is 1. The molecule has 0 atom stereocenters. The van der Waals surface area contributed by atoms with Gasteiger partial charge in [-0.1, -0.05) is 0 Å².